The Morgan fingerprint density at radius 2 is 2.00 bits per heavy atom. The molecule has 1 saturated heterocycles. The topological polar surface area (TPSA) is 96.3 Å². The van der Waals surface area contributed by atoms with Crippen molar-refractivity contribution in [2.75, 3.05) is 26.8 Å². The van der Waals surface area contributed by atoms with Crippen molar-refractivity contribution in [1.29, 1.82) is 0 Å². The van der Waals surface area contributed by atoms with Gasteiger partial charge in [0.25, 0.3) is 0 Å². The number of carbonyl (C=O) groups excluding carboxylic acids is 1. The third-order valence-electron chi connectivity index (χ3n) is 3.44. The zero-order chi connectivity index (χ0) is 16.3. The Bertz CT molecular complexity index is 391. The molecule has 1 aliphatic heterocycles. The third-order valence-corrected chi connectivity index (χ3v) is 3.44. The predicted octanol–water partition coefficient (Wildman–Crippen LogP) is 1.10. The van der Waals surface area contributed by atoms with Gasteiger partial charge in [-0.3, -0.25) is 4.79 Å². The second-order valence-electron chi connectivity index (χ2n) is 6.55. The molecular formula is C14H25NO6. The first-order valence-corrected chi connectivity index (χ1v) is 6.98. The molecular weight excluding hydrogens is 278 g/mol. The smallest absolute Gasteiger partial charge is 0.410 e. The Balaban J connectivity index is 2.73. The minimum atomic E-state index is -1.14. The molecule has 2 atom stereocenters. The van der Waals surface area contributed by atoms with Gasteiger partial charge in [0, 0.05) is 20.2 Å². The van der Waals surface area contributed by atoms with Crippen LogP contribution in [0.2, 0.25) is 0 Å². The Morgan fingerprint density at radius 3 is 2.48 bits per heavy atom. The second-order valence-corrected chi connectivity index (χ2v) is 6.55. The first-order chi connectivity index (χ1) is 9.59. The molecule has 0 aliphatic carbocycles. The Morgan fingerprint density at radius 1 is 1.38 bits per heavy atom. The summed E-state index contributed by atoms with van der Waals surface area (Å²) in [5.74, 6) is -1.01. The molecule has 7 heteroatoms. The van der Waals surface area contributed by atoms with Gasteiger partial charge in [-0.05, 0) is 33.6 Å². The summed E-state index contributed by atoms with van der Waals surface area (Å²) < 4.78 is 10.1. The van der Waals surface area contributed by atoms with E-state index in [2.05, 4.69) is 0 Å². The fourth-order valence-electron chi connectivity index (χ4n) is 2.49. The van der Waals surface area contributed by atoms with E-state index in [1.165, 1.54) is 12.0 Å². The summed E-state index contributed by atoms with van der Waals surface area (Å²) in [6, 6.07) is 0. The fourth-order valence-corrected chi connectivity index (χ4v) is 2.49. The summed E-state index contributed by atoms with van der Waals surface area (Å²) in [6.07, 6.45) is -1.05. The number of ether oxygens (including phenoxy) is 2. The molecule has 1 amide bonds. The molecule has 1 rings (SSSR count). The lowest BCUT2D eigenvalue weighted by Gasteiger charge is -2.28. The van der Waals surface area contributed by atoms with Crippen LogP contribution in [-0.4, -0.2) is 65.7 Å². The fraction of sp³-hybridized carbons (Fsp3) is 0.857. The van der Waals surface area contributed by atoms with Gasteiger partial charge in [0.15, 0.2) is 0 Å². The predicted molar refractivity (Wildman–Crippen MR) is 75.0 cm³/mol. The molecule has 21 heavy (non-hydrogen) atoms. The molecule has 0 radical (unpaired) electrons. The van der Waals surface area contributed by atoms with E-state index in [0.29, 0.717) is 13.0 Å². The number of aliphatic carboxylic acids is 1. The van der Waals surface area contributed by atoms with E-state index in [9.17, 15) is 19.8 Å². The molecule has 2 unspecified atom stereocenters. The van der Waals surface area contributed by atoms with Crippen molar-refractivity contribution in [2.45, 2.75) is 45.3 Å². The molecule has 0 aromatic rings. The molecule has 7 nitrogen and oxygen atoms in total. The maximum Gasteiger partial charge on any atom is 0.410 e. The molecule has 122 valence electrons. The summed E-state index contributed by atoms with van der Waals surface area (Å²) >= 11 is 0. The van der Waals surface area contributed by atoms with Crippen LogP contribution < -0.4 is 0 Å². The maximum atomic E-state index is 12.0. The monoisotopic (exact) mass is 303 g/mol. The average Bonchev–Trinajstić information content (AvgIpc) is 2.72. The van der Waals surface area contributed by atoms with Gasteiger partial charge in [-0.1, -0.05) is 0 Å². The molecule has 1 heterocycles. The molecule has 0 aromatic heterocycles. The number of carboxylic acids is 1. The van der Waals surface area contributed by atoms with Gasteiger partial charge in [0.1, 0.15) is 5.60 Å². The lowest BCUT2D eigenvalue weighted by atomic mass is 9.81. The highest BCUT2D eigenvalue weighted by Crippen LogP contribution is 2.36. The van der Waals surface area contributed by atoms with E-state index in [0.717, 1.165) is 0 Å². The normalized spacial score (nSPS) is 24.0. The van der Waals surface area contributed by atoms with E-state index in [1.807, 2.05) is 0 Å². The van der Waals surface area contributed by atoms with Crippen LogP contribution in [0.15, 0.2) is 0 Å². The number of hydrogen-bond acceptors (Lipinski definition) is 5. The highest BCUT2D eigenvalue weighted by Gasteiger charge is 2.48. The second kappa shape index (κ2) is 6.62. The van der Waals surface area contributed by atoms with E-state index < -0.39 is 29.2 Å². The number of methoxy groups -OCH3 is 1. The van der Waals surface area contributed by atoms with Crippen LogP contribution in [-0.2, 0) is 14.3 Å². The molecule has 0 bridgehead atoms. The molecule has 2 N–H and O–H groups in total. The Labute approximate surface area is 124 Å². The Kier molecular flexibility index (Phi) is 5.58. The molecule has 0 saturated carbocycles. The van der Waals surface area contributed by atoms with Gasteiger partial charge in [-0.25, -0.2) is 4.79 Å². The number of rotatable bonds is 5. The number of carbonyl (C=O) groups is 2. The minimum absolute atomic E-state index is 0.0397. The summed E-state index contributed by atoms with van der Waals surface area (Å²) in [5.41, 5.74) is -1.77. The molecule has 0 aromatic carbocycles. The average molecular weight is 303 g/mol. The number of nitrogens with zero attached hydrogens (tertiary/aromatic N) is 1. The first-order valence-electron chi connectivity index (χ1n) is 6.98. The largest absolute Gasteiger partial charge is 0.481 e. The van der Waals surface area contributed by atoms with Crippen molar-refractivity contribution >= 4 is 12.1 Å². The van der Waals surface area contributed by atoms with Crippen LogP contribution in [0.1, 0.15) is 33.6 Å². The van der Waals surface area contributed by atoms with Crippen LogP contribution >= 0.6 is 0 Å². The van der Waals surface area contributed by atoms with Gasteiger partial charge in [0.2, 0.25) is 0 Å². The van der Waals surface area contributed by atoms with Crippen molar-refractivity contribution < 1.29 is 29.3 Å². The Hall–Kier alpha value is -1.34. The number of aliphatic hydroxyl groups excluding tert-OH is 1. The standard InChI is InChI=1S/C14H25NO6/c1-13(2,3)21-12(19)15-6-5-14(9-15,11(17)18)7-10(16)8-20-4/h10,16H,5-9H2,1-4H3,(H,17,18). The number of amides is 1. The van der Waals surface area contributed by atoms with E-state index in [-0.39, 0.29) is 19.6 Å². The van der Waals surface area contributed by atoms with Crippen molar-refractivity contribution in [3.05, 3.63) is 0 Å². The van der Waals surface area contributed by atoms with Crippen molar-refractivity contribution in [3.8, 4) is 0 Å². The summed E-state index contributed by atoms with van der Waals surface area (Å²) in [7, 11) is 1.44. The van der Waals surface area contributed by atoms with Gasteiger partial charge < -0.3 is 24.6 Å². The number of aliphatic hydroxyl groups is 1. The zero-order valence-corrected chi connectivity index (χ0v) is 13.1. The van der Waals surface area contributed by atoms with Crippen molar-refractivity contribution in [2.24, 2.45) is 5.41 Å². The minimum Gasteiger partial charge on any atom is -0.481 e. The summed E-state index contributed by atoms with van der Waals surface area (Å²) in [4.78, 5) is 25.0. The highest BCUT2D eigenvalue weighted by molar-refractivity contribution is 5.78. The zero-order valence-electron chi connectivity index (χ0n) is 13.1. The quantitative estimate of drug-likeness (QED) is 0.789. The maximum absolute atomic E-state index is 12.0. The van der Waals surface area contributed by atoms with Gasteiger partial charge >= 0.3 is 12.1 Å². The lowest BCUT2D eigenvalue weighted by molar-refractivity contribution is -0.150. The van der Waals surface area contributed by atoms with Crippen LogP contribution in [0, 0.1) is 5.41 Å². The lowest BCUT2D eigenvalue weighted by Crippen LogP contribution is -2.41. The van der Waals surface area contributed by atoms with Gasteiger partial charge in [-0.2, -0.15) is 0 Å². The van der Waals surface area contributed by atoms with Crippen LogP contribution in [0.25, 0.3) is 0 Å². The van der Waals surface area contributed by atoms with Crippen LogP contribution in [0.5, 0.6) is 0 Å². The van der Waals surface area contributed by atoms with Crippen molar-refractivity contribution in [1.82, 2.24) is 4.90 Å². The van der Waals surface area contributed by atoms with Crippen molar-refractivity contribution in [3.63, 3.8) is 0 Å². The summed E-state index contributed by atoms with van der Waals surface area (Å²) in [6.45, 7) is 5.69. The van der Waals surface area contributed by atoms with Gasteiger partial charge in [0.05, 0.1) is 18.1 Å². The van der Waals surface area contributed by atoms with Crippen LogP contribution in [0.3, 0.4) is 0 Å². The van der Waals surface area contributed by atoms with E-state index in [1.54, 1.807) is 20.8 Å². The number of hydrogen-bond donors (Lipinski definition) is 2. The van der Waals surface area contributed by atoms with E-state index in [4.69, 9.17) is 9.47 Å². The first kappa shape index (κ1) is 17.7. The third kappa shape index (κ3) is 4.86. The SMILES string of the molecule is COCC(O)CC1(C(=O)O)CCN(C(=O)OC(C)(C)C)C1. The van der Waals surface area contributed by atoms with E-state index >= 15 is 0 Å². The summed E-state index contributed by atoms with van der Waals surface area (Å²) in [5, 5.41) is 19.3. The molecule has 0 spiro atoms. The van der Waals surface area contributed by atoms with Gasteiger partial charge in [-0.15, -0.1) is 0 Å². The highest BCUT2D eigenvalue weighted by atomic mass is 16.6. The molecule has 1 aliphatic rings. The van der Waals surface area contributed by atoms with Crippen LogP contribution in [0.4, 0.5) is 4.79 Å². The molecule has 1 fully saturated rings. The number of likely N-dealkylation sites (tertiary alicyclic amines) is 1. The number of carboxylic acid groups (broad SMARTS) is 1.